The van der Waals surface area contributed by atoms with E-state index in [2.05, 4.69) is 15.0 Å². The number of carbonyl (C=O) groups excluding carboxylic acids is 1. The maximum atomic E-state index is 12.7. The van der Waals surface area contributed by atoms with Crippen LogP contribution in [0.3, 0.4) is 0 Å². The van der Waals surface area contributed by atoms with Crippen molar-refractivity contribution >= 4 is 27.9 Å². The molecule has 2 aromatic carbocycles. The smallest absolute Gasteiger partial charge is 0.339 e. The second-order valence-corrected chi connectivity index (χ2v) is 6.15. The Morgan fingerprint density at radius 2 is 1.54 bits per heavy atom. The number of aromatic nitrogens is 3. The van der Waals surface area contributed by atoms with Gasteiger partial charge in [0.05, 0.1) is 33.5 Å². The summed E-state index contributed by atoms with van der Waals surface area (Å²) < 4.78 is 5.54. The molecular formula is C21H17N3O2. The number of benzene rings is 2. The molecule has 128 valence electrons. The Labute approximate surface area is 150 Å². The van der Waals surface area contributed by atoms with Crippen molar-refractivity contribution in [2.45, 2.75) is 20.5 Å². The second kappa shape index (κ2) is 6.52. The van der Waals surface area contributed by atoms with Gasteiger partial charge >= 0.3 is 5.97 Å². The van der Waals surface area contributed by atoms with Crippen molar-refractivity contribution in [1.82, 2.24) is 15.0 Å². The monoisotopic (exact) mass is 343 g/mol. The van der Waals surface area contributed by atoms with Crippen molar-refractivity contribution < 1.29 is 9.53 Å². The van der Waals surface area contributed by atoms with E-state index < -0.39 is 0 Å². The highest BCUT2D eigenvalue weighted by Crippen LogP contribution is 2.20. The van der Waals surface area contributed by atoms with E-state index in [1.54, 1.807) is 6.07 Å². The molecule has 0 spiro atoms. The van der Waals surface area contributed by atoms with Gasteiger partial charge in [0, 0.05) is 11.1 Å². The molecule has 26 heavy (non-hydrogen) atoms. The van der Waals surface area contributed by atoms with Crippen LogP contribution in [0.25, 0.3) is 21.9 Å². The molecular weight excluding hydrogens is 326 g/mol. The van der Waals surface area contributed by atoms with Crippen LogP contribution in [-0.4, -0.2) is 20.9 Å². The third-order valence-corrected chi connectivity index (χ3v) is 4.25. The summed E-state index contributed by atoms with van der Waals surface area (Å²) in [6.07, 6.45) is 0. The third-order valence-electron chi connectivity index (χ3n) is 4.25. The zero-order chi connectivity index (χ0) is 18.1. The topological polar surface area (TPSA) is 65.0 Å². The molecule has 2 aromatic heterocycles. The van der Waals surface area contributed by atoms with Gasteiger partial charge in [-0.25, -0.2) is 14.8 Å². The molecule has 0 atom stereocenters. The van der Waals surface area contributed by atoms with Gasteiger partial charge in [0.15, 0.2) is 0 Å². The fourth-order valence-electron chi connectivity index (χ4n) is 2.95. The number of rotatable bonds is 3. The lowest BCUT2D eigenvalue weighted by Gasteiger charge is -2.10. The van der Waals surface area contributed by atoms with Crippen LogP contribution in [-0.2, 0) is 11.3 Å². The summed E-state index contributed by atoms with van der Waals surface area (Å²) >= 11 is 0. The average Bonchev–Trinajstić information content (AvgIpc) is 2.65. The summed E-state index contributed by atoms with van der Waals surface area (Å²) in [5, 5.41) is 0.782. The number of carbonyl (C=O) groups is 1. The van der Waals surface area contributed by atoms with Crippen molar-refractivity contribution in [3.63, 3.8) is 0 Å². The van der Waals surface area contributed by atoms with Gasteiger partial charge in [0.25, 0.3) is 0 Å². The van der Waals surface area contributed by atoms with Gasteiger partial charge in [0.2, 0.25) is 0 Å². The molecule has 0 saturated carbocycles. The molecule has 0 fully saturated rings. The molecule has 4 aromatic rings. The Kier molecular flexibility index (Phi) is 4.05. The molecule has 0 saturated heterocycles. The number of hydrogen-bond acceptors (Lipinski definition) is 5. The highest BCUT2D eigenvalue weighted by atomic mass is 16.5. The molecule has 5 nitrogen and oxygen atoms in total. The van der Waals surface area contributed by atoms with Crippen LogP contribution in [0.15, 0.2) is 54.6 Å². The molecule has 0 bridgehead atoms. The van der Waals surface area contributed by atoms with Crippen molar-refractivity contribution in [3.8, 4) is 0 Å². The first-order chi connectivity index (χ1) is 12.6. The molecule has 5 heteroatoms. The van der Waals surface area contributed by atoms with Gasteiger partial charge in [-0.2, -0.15) is 0 Å². The van der Waals surface area contributed by atoms with Gasteiger partial charge < -0.3 is 4.74 Å². The number of hydrogen-bond donors (Lipinski definition) is 0. The number of nitrogens with zero attached hydrogens (tertiary/aromatic N) is 3. The largest absolute Gasteiger partial charge is 0.455 e. The molecule has 0 N–H and O–H groups in total. The minimum absolute atomic E-state index is 0.0815. The van der Waals surface area contributed by atoms with E-state index in [1.165, 1.54) is 0 Å². The molecule has 0 aliphatic rings. The minimum atomic E-state index is -0.388. The SMILES string of the molecule is Cc1cc(C(=O)OCc2nc3ccccc3nc2C)c2ccccc2n1. The van der Waals surface area contributed by atoms with Crippen LogP contribution in [0.2, 0.25) is 0 Å². The van der Waals surface area contributed by atoms with Crippen LogP contribution in [0.5, 0.6) is 0 Å². The number of ether oxygens (including phenoxy) is 1. The summed E-state index contributed by atoms with van der Waals surface area (Å²) in [6, 6.07) is 16.9. The van der Waals surface area contributed by atoms with Crippen LogP contribution >= 0.6 is 0 Å². The first-order valence-corrected chi connectivity index (χ1v) is 8.37. The van der Waals surface area contributed by atoms with Gasteiger partial charge in [-0.1, -0.05) is 30.3 Å². The molecule has 2 heterocycles. The van der Waals surface area contributed by atoms with Crippen molar-refractivity contribution in [3.05, 3.63) is 77.2 Å². The van der Waals surface area contributed by atoms with E-state index in [1.807, 2.05) is 62.4 Å². The van der Waals surface area contributed by atoms with E-state index in [-0.39, 0.29) is 12.6 Å². The lowest BCUT2D eigenvalue weighted by Crippen LogP contribution is -2.09. The van der Waals surface area contributed by atoms with Crippen LogP contribution in [0.1, 0.15) is 27.4 Å². The molecule has 0 aliphatic heterocycles. The lowest BCUT2D eigenvalue weighted by atomic mass is 10.1. The third kappa shape index (κ3) is 2.99. The zero-order valence-corrected chi connectivity index (χ0v) is 14.6. The van der Waals surface area contributed by atoms with Crippen molar-refractivity contribution in [1.29, 1.82) is 0 Å². The number of aryl methyl sites for hydroxylation is 2. The Morgan fingerprint density at radius 1 is 0.885 bits per heavy atom. The quantitative estimate of drug-likeness (QED) is 0.523. The number of esters is 1. The highest BCUT2D eigenvalue weighted by Gasteiger charge is 2.15. The van der Waals surface area contributed by atoms with E-state index in [0.29, 0.717) is 11.3 Å². The van der Waals surface area contributed by atoms with Gasteiger partial charge in [0.1, 0.15) is 6.61 Å². The van der Waals surface area contributed by atoms with E-state index >= 15 is 0 Å². The van der Waals surface area contributed by atoms with Crippen LogP contribution in [0, 0.1) is 13.8 Å². The molecule has 0 aliphatic carbocycles. The first-order valence-electron chi connectivity index (χ1n) is 8.37. The molecule has 0 unspecified atom stereocenters. The average molecular weight is 343 g/mol. The highest BCUT2D eigenvalue weighted by molar-refractivity contribution is 6.03. The maximum Gasteiger partial charge on any atom is 0.339 e. The minimum Gasteiger partial charge on any atom is -0.455 e. The second-order valence-electron chi connectivity index (χ2n) is 6.15. The van der Waals surface area contributed by atoms with Crippen molar-refractivity contribution in [2.24, 2.45) is 0 Å². The summed E-state index contributed by atoms with van der Waals surface area (Å²) in [6.45, 7) is 3.81. The van der Waals surface area contributed by atoms with Gasteiger partial charge in [-0.3, -0.25) is 4.98 Å². The first kappa shape index (κ1) is 16.1. The predicted octanol–water partition coefficient (Wildman–Crippen LogP) is 4.15. The van der Waals surface area contributed by atoms with E-state index in [0.717, 1.165) is 33.3 Å². The number of pyridine rings is 1. The van der Waals surface area contributed by atoms with E-state index in [4.69, 9.17) is 4.74 Å². The maximum absolute atomic E-state index is 12.7. The Hall–Kier alpha value is -3.34. The van der Waals surface area contributed by atoms with Gasteiger partial charge in [-0.05, 0) is 38.1 Å². The fraction of sp³-hybridized carbons (Fsp3) is 0.143. The summed E-state index contributed by atoms with van der Waals surface area (Å²) in [4.78, 5) is 26.2. The normalized spacial score (nSPS) is 11.0. The van der Waals surface area contributed by atoms with Gasteiger partial charge in [-0.15, -0.1) is 0 Å². The zero-order valence-electron chi connectivity index (χ0n) is 14.6. The molecule has 4 rings (SSSR count). The Balaban J connectivity index is 1.63. The number of fused-ring (bicyclic) bond motifs is 2. The summed E-state index contributed by atoms with van der Waals surface area (Å²) in [7, 11) is 0. The molecule has 0 radical (unpaired) electrons. The Bertz CT molecular complexity index is 1140. The Morgan fingerprint density at radius 3 is 2.31 bits per heavy atom. The fourth-order valence-corrected chi connectivity index (χ4v) is 2.95. The predicted molar refractivity (Wildman–Crippen MR) is 99.9 cm³/mol. The number of para-hydroxylation sites is 3. The summed E-state index contributed by atoms with van der Waals surface area (Å²) in [5.74, 6) is -0.388. The van der Waals surface area contributed by atoms with E-state index in [9.17, 15) is 4.79 Å². The lowest BCUT2D eigenvalue weighted by molar-refractivity contribution is 0.0469. The van der Waals surface area contributed by atoms with Crippen LogP contribution in [0.4, 0.5) is 0 Å². The van der Waals surface area contributed by atoms with Crippen LogP contribution < -0.4 is 0 Å². The summed E-state index contributed by atoms with van der Waals surface area (Å²) in [5.41, 5.74) is 5.10. The standard InChI is InChI=1S/C21H17N3O2/c1-13-11-16(15-7-3-4-8-17(15)22-13)21(25)26-12-20-14(2)23-18-9-5-6-10-19(18)24-20/h3-11H,12H2,1-2H3. The van der Waals surface area contributed by atoms with Crippen molar-refractivity contribution in [2.75, 3.05) is 0 Å². The molecule has 0 amide bonds.